The van der Waals surface area contributed by atoms with E-state index in [1.807, 2.05) is 5.32 Å². The molecule has 0 atom stereocenters. The molecule has 1 rings (SSSR count). The van der Waals surface area contributed by atoms with Crippen LogP contribution in [0.15, 0.2) is 12.2 Å². The second kappa shape index (κ2) is 8.64. The van der Waals surface area contributed by atoms with Crippen molar-refractivity contribution in [1.82, 2.24) is 5.32 Å². The monoisotopic (exact) mass is 227 g/mol. The zero-order chi connectivity index (χ0) is 12.4. The molecule has 16 heavy (non-hydrogen) atoms. The van der Waals surface area contributed by atoms with Crippen molar-refractivity contribution in [2.45, 2.75) is 33.1 Å². The first kappa shape index (κ1) is 14.3. The minimum atomic E-state index is -0.329. The van der Waals surface area contributed by atoms with Gasteiger partial charge in [0, 0.05) is 18.6 Å². The van der Waals surface area contributed by atoms with Crippen LogP contribution in [0, 0.1) is 0 Å². The molecule has 0 fully saturated rings. The zero-order valence-electron chi connectivity index (χ0n) is 9.62. The molecule has 1 N–H and O–H groups in total. The second-order valence-electron chi connectivity index (χ2n) is 3.11. The fourth-order valence-electron chi connectivity index (χ4n) is 0.789. The Labute approximate surface area is 94.8 Å². The van der Waals surface area contributed by atoms with Crippen molar-refractivity contribution in [3.05, 3.63) is 12.2 Å². The van der Waals surface area contributed by atoms with Crippen LogP contribution in [0.3, 0.4) is 0 Å². The molecule has 0 aliphatic carbocycles. The van der Waals surface area contributed by atoms with Gasteiger partial charge in [-0.05, 0) is 6.42 Å². The van der Waals surface area contributed by atoms with E-state index in [2.05, 4.69) is 6.92 Å². The van der Waals surface area contributed by atoms with E-state index < -0.39 is 0 Å². The third kappa shape index (κ3) is 7.73. The first-order valence-electron chi connectivity index (χ1n) is 5.28. The summed E-state index contributed by atoms with van der Waals surface area (Å²) in [7, 11) is 0. The number of amides is 2. The van der Waals surface area contributed by atoms with Crippen LogP contribution in [0.25, 0.3) is 0 Å². The molecule has 1 heterocycles. The van der Waals surface area contributed by atoms with Gasteiger partial charge in [0.05, 0.1) is 6.61 Å². The van der Waals surface area contributed by atoms with Crippen LogP contribution >= 0.6 is 0 Å². The molecule has 5 heteroatoms. The first-order chi connectivity index (χ1) is 7.60. The van der Waals surface area contributed by atoms with Crippen molar-refractivity contribution >= 4 is 17.8 Å². The van der Waals surface area contributed by atoms with E-state index in [0.29, 0.717) is 13.0 Å². The lowest BCUT2D eigenvalue weighted by atomic mass is 10.4. The number of hydrogen-bond acceptors (Lipinski definition) is 4. The predicted molar refractivity (Wildman–Crippen MR) is 58.4 cm³/mol. The third-order valence-electron chi connectivity index (χ3n) is 1.68. The fraction of sp³-hybridized carbons (Fsp3) is 0.545. The number of carbonyl (C=O) groups is 3. The van der Waals surface area contributed by atoms with E-state index in [4.69, 9.17) is 4.74 Å². The highest BCUT2D eigenvalue weighted by atomic mass is 16.5. The molecule has 1 aliphatic rings. The first-order valence-corrected chi connectivity index (χ1v) is 5.28. The molecular weight excluding hydrogens is 210 g/mol. The molecule has 0 aromatic rings. The molecule has 5 nitrogen and oxygen atoms in total. The standard InChI is InChI=1S/C7H14O2.C4H3NO2/c1-3-5-6-9-7(8)4-2;6-3-1-2-4(7)5-3/h3-6H2,1-2H3;1-2H,(H,5,6,7). The SMILES string of the molecule is CCCCOC(=O)CC.O=C1C=CC(=O)N1. The van der Waals surface area contributed by atoms with Crippen molar-refractivity contribution in [1.29, 1.82) is 0 Å². The van der Waals surface area contributed by atoms with Gasteiger partial charge in [-0.2, -0.15) is 0 Å². The molecule has 2 amide bonds. The summed E-state index contributed by atoms with van der Waals surface area (Å²) in [6, 6.07) is 0. The number of esters is 1. The van der Waals surface area contributed by atoms with Gasteiger partial charge in [-0.15, -0.1) is 0 Å². The highest BCUT2D eigenvalue weighted by Crippen LogP contribution is 1.90. The number of unbranched alkanes of at least 4 members (excludes halogenated alkanes) is 1. The Balaban J connectivity index is 0.000000288. The van der Waals surface area contributed by atoms with Gasteiger partial charge in [0.15, 0.2) is 0 Å². The molecule has 0 saturated carbocycles. The molecule has 1 aliphatic heterocycles. The van der Waals surface area contributed by atoms with E-state index >= 15 is 0 Å². The Morgan fingerprint density at radius 1 is 1.25 bits per heavy atom. The molecule has 90 valence electrons. The van der Waals surface area contributed by atoms with Gasteiger partial charge >= 0.3 is 5.97 Å². The van der Waals surface area contributed by atoms with Crippen molar-refractivity contribution in [2.75, 3.05) is 6.61 Å². The predicted octanol–water partition coefficient (Wildman–Crippen LogP) is 0.939. The smallest absolute Gasteiger partial charge is 0.305 e. The van der Waals surface area contributed by atoms with Gasteiger partial charge in [-0.3, -0.25) is 19.7 Å². The van der Waals surface area contributed by atoms with Gasteiger partial charge < -0.3 is 4.74 Å². The van der Waals surface area contributed by atoms with Gasteiger partial charge in [-0.1, -0.05) is 20.3 Å². The molecule has 0 spiro atoms. The van der Waals surface area contributed by atoms with Crippen LogP contribution in [0.5, 0.6) is 0 Å². The Bertz CT molecular complexity index is 268. The number of ether oxygens (including phenoxy) is 1. The van der Waals surface area contributed by atoms with Gasteiger partial charge in [0.2, 0.25) is 0 Å². The van der Waals surface area contributed by atoms with Gasteiger partial charge in [0.1, 0.15) is 0 Å². The molecule has 0 radical (unpaired) electrons. The number of imide groups is 1. The summed E-state index contributed by atoms with van der Waals surface area (Å²) in [4.78, 5) is 30.5. The van der Waals surface area contributed by atoms with E-state index in [1.165, 1.54) is 12.2 Å². The average molecular weight is 227 g/mol. The zero-order valence-corrected chi connectivity index (χ0v) is 9.62. The van der Waals surface area contributed by atoms with Gasteiger partial charge in [-0.25, -0.2) is 0 Å². The van der Waals surface area contributed by atoms with Crippen molar-refractivity contribution < 1.29 is 19.1 Å². The maximum absolute atomic E-state index is 10.5. The van der Waals surface area contributed by atoms with Crippen molar-refractivity contribution in [3.63, 3.8) is 0 Å². The Morgan fingerprint density at radius 2 is 1.81 bits per heavy atom. The minimum absolute atomic E-state index is 0.0940. The molecule has 0 aromatic carbocycles. The summed E-state index contributed by atoms with van der Waals surface area (Å²) in [5.41, 5.74) is 0. The molecular formula is C11H17NO4. The van der Waals surface area contributed by atoms with Crippen LogP contribution < -0.4 is 5.32 Å². The number of rotatable bonds is 4. The molecule has 0 bridgehead atoms. The molecule has 0 aromatic heterocycles. The van der Waals surface area contributed by atoms with Gasteiger partial charge in [0.25, 0.3) is 11.8 Å². The summed E-state index contributed by atoms with van der Waals surface area (Å²) >= 11 is 0. The fourth-order valence-corrected chi connectivity index (χ4v) is 0.789. The maximum atomic E-state index is 10.5. The number of hydrogen-bond donors (Lipinski definition) is 1. The maximum Gasteiger partial charge on any atom is 0.305 e. The summed E-state index contributed by atoms with van der Waals surface area (Å²) in [5, 5.41) is 2.03. The van der Waals surface area contributed by atoms with Crippen molar-refractivity contribution in [2.24, 2.45) is 0 Å². The quantitative estimate of drug-likeness (QED) is 0.440. The second-order valence-corrected chi connectivity index (χ2v) is 3.11. The summed E-state index contributed by atoms with van der Waals surface area (Å²) in [6.45, 7) is 4.46. The van der Waals surface area contributed by atoms with Crippen molar-refractivity contribution in [3.8, 4) is 0 Å². The lowest BCUT2D eigenvalue weighted by Gasteiger charge is -1.99. The number of carbonyl (C=O) groups excluding carboxylic acids is 3. The Kier molecular flexibility index (Phi) is 7.75. The topological polar surface area (TPSA) is 72.5 Å². The summed E-state index contributed by atoms with van der Waals surface area (Å²) in [6.07, 6.45) is 4.94. The Morgan fingerprint density at radius 3 is 2.12 bits per heavy atom. The molecule has 0 saturated heterocycles. The highest BCUT2D eigenvalue weighted by molar-refractivity contribution is 6.12. The highest BCUT2D eigenvalue weighted by Gasteiger charge is 2.06. The third-order valence-corrected chi connectivity index (χ3v) is 1.68. The summed E-state index contributed by atoms with van der Waals surface area (Å²) in [5.74, 6) is -0.751. The largest absolute Gasteiger partial charge is 0.466 e. The van der Waals surface area contributed by atoms with Crippen LogP contribution in [-0.2, 0) is 19.1 Å². The Hall–Kier alpha value is -1.65. The average Bonchev–Trinajstić information content (AvgIpc) is 2.63. The number of nitrogens with one attached hydrogen (secondary N) is 1. The minimum Gasteiger partial charge on any atom is -0.466 e. The van der Waals surface area contributed by atoms with Crippen LogP contribution in [0.2, 0.25) is 0 Å². The van der Waals surface area contributed by atoms with E-state index in [1.54, 1.807) is 6.92 Å². The van der Waals surface area contributed by atoms with E-state index in [9.17, 15) is 14.4 Å². The van der Waals surface area contributed by atoms with Crippen LogP contribution in [0.1, 0.15) is 33.1 Å². The van der Waals surface area contributed by atoms with Crippen LogP contribution in [0.4, 0.5) is 0 Å². The van der Waals surface area contributed by atoms with Crippen LogP contribution in [-0.4, -0.2) is 24.4 Å². The lowest BCUT2D eigenvalue weighted by molar-refractivity contribution is -0.143. The lowest BCUT2D eigenvalue weighted by Crippen LogP contribution is -2.19. The van der Waals surface area contributed by atoms with E-state index in [-0.39, 0.29) is 17.8 Å². The normalized spacial score (nSPS) is 12.9. The summed E-state index contributed by atoms with van der Waals surface area (Å²) < 4.78 is 4.79. The van der Waals surface area contributed by atoms with E-state index in [0.717, 1.165) is 12.8 Å². The molecule has 0 unspecified atom stereocenters.